The van der Waals surface area contributed by atoms with Crippen molar-refractivity contribution in [2.24, 2.45) is 7.05 Å². The molecule has 1 heterocycles. The number of aryl methyl sites for hydroxylation is 2. The summed E-state index contributed by atoms with van der Waals surface area (Å²) >= 11 is 0. The molecule has 0 saturated heterocycles. The molecule has 4 radical (unpaired) electrons. The minimum absolute atomic E-state index is 0. The maximum absolute atomic E-state index is 6.38. The van der Waals surface area contributed by atoms with Gasteiger partial charge < -0.3 is 0 Å². The van der Waals surface area contributed by atoms with Crippen molar-refractivity contribution in [2.45, 2.75) is 6.92 Å². The molecule has 1 aromatic heterocycles. The van der Waals surface area contributed by atoms with Gasteiger partial charge in [-0.05, 0) is 11.1 Å². The van der Waals surface area contributed by atoms with Crippen LogP contribution in [-0.4, -0.2) is 13.4 Å². The van der Waals surface area contributed by atoms with E-state index in [1.807, 2.05) is 31.6 Å². The summed E-state index contributed by atoms with van der Waals surface area (Å²) in [5.41, 5.74) is 3.36. The van der Waals surface area contributed by atoms with Crippen LogP contribution in [0.3, 0.4) is 0 Å². The molecule has 4 aromatic rings. The Hall–Kier alpha value is -1.31. The van der Waals surface area contributed by atoms with Crippen LogP contribution >= 0.6 is 0 Å². The zero-order chi connectivity index (χ0) is 13.9. The Morgan fingerprint density at radius 2 is 1.95 bits per heavy atom. The Morgan fingerprint density at radius 3 is 2.73 bits per heavy atom. The van der Waals surface area contributed by atoms with Gasteiger partial charge in [-0.1, -0.05) is 13.0 Å². The zero-order valence-corrected chi connectivity index (χ0v) is 15.4. The smallest absolute Gasteiger partial charge is 0.269 e. The predicted molar refractivity (Wildman–Crippen MR) is 86.9 cm³/mol. The van der Waals surface area contributed by atoms with E-state index in [-0.39, 0.29) is 41.1 Å². The number of fused-ring (bicyclic) bond motifs is 2. The molecule has 0 fully saturated rings. The van der Waals surface area contributed by atoms with Gasteiger partial charge in [-0.3, -0.25) is 11.8 Å². The fourth-order valence-electron chi connectivity index (χ4n) is 3.06. The summed E-state index contributed by atoms with van der Waals surface area (Å²) in [6, 6.07) is 13.4. The van der Waals surface area contributed by atoms with Crippen molar-refractivity contribution in [1.29, 1.82) is 0 Å². The van der Waals surface area contributed by atoms with Gasteiger partial charge in [-0.25, -0.2) is 16.0 Å². The molecule has 22 heavy (non-hydrogen) atoms. The minimum atomic E-state index is 0. The SMILES string of the molecule is [B].[CH-]=c1c2[c-]ccc(C)c2c2c3c(cccc13)nc[n+]2C.[Y]. The molecular formula is C18H13BN2Y-. The number of nitrogens with zero attached hydrogens (tertiary/aromatic N) is 2. The van der Waals surface area contributed by atoms with Crippen LogP contribution < -0.4 is 9.79 Å². The quantitative estimate of drug-likeness (QED) is 0.155. The first kappa shape index (κ1) is 17.0. The molecule has 0 spiro atoms. The van der Waals surface area contributed by atoms with Gasteiger partial charge in [-0.15, -0.1) is 23.1 Å². The van der Waals surface area contributed by atoms with Crippen LogP contribution in [0.2, 0.25) is 0 Å². The van der Waals surface area contributed by atoms with E-state index in [1.54, 1.807) is 0 Å². The van der Waals surface area contributed by atoms with E-state index < -0.39 is 0 Å². The van der Waals surface area contributed by atoms with Gasteiger partial charge in [-0.2, -0.15) is 11.5 Å². The van der Waals surface area contributed by atoms with Crippen molar-refractivity contribution < 1.29 is 37.3 Å². The Bertz CT molecular complexity index is 1040. The maximum Gasteiger partial charge on any atom is 0.286 e. The van der Waals surface area contributed by atoms with Gasteiger partial charge in [0.25, 0.3) is 6.33 Å². The molecule has 4 heteroatoms. The number of hydrogen-bond donors (Lipinski definition) is 0. The normalized spacial score (nSPS) is 10.6. The summed E-state index contributed by atoms with van der Waals surface area (Å²) in [5.74, 6) is 0. The Labute approximate surface area is 156 Å². The first-order chi connectivity index (χ1) is 9.68. The molecule has 2 nitrogen and oxygen atoms in total. The molecule has 0 atom stereocenters. The van der Waals surface area contributed by atoms with E-state index in [0.717, 1.165) is 26.9 Å². The van der Waals surface area contributed by atoms with Crippen LogP contribution in [-0.2, 0) is 39.8 Å². The fourth-order valence-corrected chi connectivity index (χ4v) is 3.06. The third kappa shape index (κ3) is 2.19. The monoisotopic (exact) mass is 357 g/mol. The average molecular weight is 357 g/mol. The first-order valence-corrected chi connectivity index (χ1v) is 6.60. The van der Waals surface area contributed by atoms with Crippen LogP contribution in [0.25, 0.3) is 39.2 Å². The summed E-state index contributed by atoms with van der Waals surface area (Å²) in [6.45, 7) is 8.50. The third-order valence-corrected chi connectivity index (χ3v) is 4.00. The van der Waals surface area contributed by atoms with Crippen molar-refractivity contribution in [2.75, 3.05) is 0 Å². The first-order valence-electron chi connectivity index (χ1n) is 6.60. The zero-order valence-electron chi connectivity index (χ0n) is 12.6. The van der Waals surface area contributed by atoms with Crippen LogP contribution in [0.4, 0.5) is 0 Å². The van der Waals surface area contributed by atoms with E-state index >= 15 is 0 Å². The van der Waals surface area contributed by atoms with Crippen LogP contribution in [0.15, 0.2) is 36.7 Å². The molecule has 0 bridgehead atoms. The van der Waals surface area contributed by atoms with E-state index in [2.05, 4.69) is 34.7 Å². The molecule has 0 N–H and O–H groups in total. The summed E-state index contributed by atoms with van der Waals surface area (Å²) in [5, 5.41) is 5.13. The van der Waals surface area contributed by atoms with Crippen molar-refractivity contribution in [1.82, 2.24) is 4.98 Å². The number of rotatable bonds is 0. The third-order valence-electron chi connectivity index (χ3n) is 4.00. The molecule has 3 aromatic carbocycles. The van der Waals surface area contributed by atoms with Crippen molar-refractivity contribution >= 4 is 47.6 Å². The Morgan fingerprint density at radius 1 is 1.18 bits per heavy atom. The molecule has 0 amide bonds. The number of aromatic nitrogens is 2. The van der Waals surface area contributed by atoms with E-state index in [4.69, 9.17) is 6.58 Å². The van der Waals surface area contributed by atoms with Crippen LogP contribution in [0.1, 0.15) is 5.56 Å². The Kier molecular flexibility index (Phi) is 4.70. The van der Waals surface area contributed by atoms with Crippen molar-refractivity contribution in [3.05, 3.63) is 53.5 Å². The van der Waals surface area contributed by atoms with E-state index in [1.165, 1.54) is 16.5 Å². The summed E-state index contributed by atoms with van der Waals surface area (Å²) < 4.78 is 2.07. The second kappa shape index (κ2) is 6.06. The molecule has 0 unspecified atom stereocenters. The Balaban J connectivity index is 0.000000882. The second-order valence-corrected chi connectivity index (χ2v) is 5.23. The summed E-state index contributed by atoms with van der Waals surface area (Å²) in [6.07, 6.45) is 1.86. The summed E-state index contributed by atoms with van der Waals surface area (Å²) in [4.78, 5) is 4.50. The molecule has 0 aliphatic heterocycles. The molecule has 4 rings (SSSR count). The van der Waals surface area contributed by atoms with Gasteiger partial charge in [0.1, 0.15) is 0 Å². The standard InChI is InChI=1S/C18H13N2.B.Y/c1-11-6-4-7-13-12(2)14-8-5-9-15-17(14)18(16(11)13)20(3)10-19-15;;/h2,4-6,8-10H,1,3H3;;/q-1;;. The van der Waals surface area contributed by atoms with Crippen molar-refractivity contribution in [3.63, 3.8) is 0 Å². The van der Waals surface area contributed by atoms with E-state index in [0.29, 0.717) is 0 Å². The van der Waals surface area contributed by atoms with Gasteiger partial charge in [0, 0.05) is 46.5 Å². The topological polar surface area (TPSA) is 16.8 Å². The van der Waals surface area contributed by atoms with Crippen molar-refractivity contribution in [3.8, 4) is 0 Å². The molecule has 102 valence electrons. The van der Waals surface area contributed by atoms with Gasteiger partial charge >= 0.3 is 0 Å². The predicted octanol–water partition coefficient (Wildman–Crippen LogP) is 2.10. The number of hydrogen-bond acceptors (Lipinski definition) is 1. The number of benzene rings is 3. The fraction of sp³-hybridized carbons (Fsp3) is 0.111. The molecule has 0 saturated carbocycles. The van der Waals surface area contributed by atoms with Gasteiger partial charge in [0.05, 0.1) is 12.6 Å². The molecule has 0 aliphatic rings. The summed E-state index contributed by atoms with van der Waals surface area (Å²) in [7, 11) is 2.02. The molecule has 0 aliphatic carbocycles. The largest absolute Gasteiger partial charge is 0.286 e. The average Bonchev–Trinajstić information content (AvgIpc) is 2.46. The second-order valence-electron chi connectivity index (χ2n) is 5.23. The molecular weight excluding hydrogens is 344 g/mol. The van der Waals surface area contributed by atoms with Crippen LogP contribution in [0.5, 0.6) is 0 Å². The van der Waals surface area contributed by atoms with E-state index in [9.17, 15) is 0 Å². The minimum Gasteiger partial charge on any atom is -0.269 e. The maximum atomic E-state index is 6.38. The van der Waals surface area contributed by atoms with Gasteiger partial charge in [0.15, 0.2) is 5.52 Å². The van der Waals surface area contributed by atoms with Gasteiger partial charge in [0.2, 0.25) is 0 Å². The van der Waals surface area contributed by atoms with Crippen LogP contribution in [0, 0.1) is 13.0 Å².